The molecule has 1 unspecified atom stereocenters. The number of hydrogen-bond acceptors (Lipinski definition) is 4. The summed E-state index contributed by atoms with van der Waals surface area (Å²) < 4.78 is 5.35. The minimum Gasteiger partial charge on any atom is -0.462 e. The van der Waals surface area contributed by atoms with Crippen molar-refractivity contribution in [2.75, 3.05) is 6.54 Å². The van der Waals surface area contributed by atoms with Crippen LogP contribution in [0.5, 0.6) is 0 Å². The van der Waals surface area contributed by atoms with E-state index in [0.29, 0.717) is 11.6 Å². The van der Waals surface area contributed by atoms with Crippen molar-refractivity contribution in [3.63, 3.8) is 0 Å². The van der Waals surface area contributed by atoms with E-state index < -0.39 is 6.04 Å². The van der Waals surface area contributed by atoms with Gasteiger partial charge in [-0.05, 0) is 43.3 Å². The zero-order chi connectivity index (χ0) is 15.9. The van der Waals surface area contributed by atoms with Crippen molar-refractivity contribution in [1.82, 2.24) is 5.32 Å². The summed E-state index contributed by atoms with van der Waals surface area (Å²) in [5.74, 6) is -0.297. The number of carbonyl (C=O) groups is 1. The van der Waals surface area contributed by atoms with Crippen LogP contribution in [0.25, 0.3) is 0 Å². The molecule has 0 fully saturated rings. The normalized spacial score (nSPS) is 11.8. The smallest absolute Gasteiger partial charge is 0.328 e. The number of esters is 1. The van der Waals surface area contributed by atoms with E-state index in [9.17, 15) is 4.79 Å². The lowest BCUT2D eigenvalue weighted by Gasteiger charge is -2.20. The molecule has 0 aliphatic rings. The largest absolute Gasteiger partial charge is 0.462 e. The lowest BCUT2D eigenvalue weighted by molar-refractivity contribution is -0.150. The van der Waals surface area contributed by atoms with Crippen molar-refractivity contribution in [3.8, 4) is 0 Å². The lowest BCUT2D eigenvalue weighted by atomic mass is 10.1. The number of ether oxygens (including phenoxy) is 1. The van der Waals surface area contributed by atoms with Crippen molar-refractivity contribution in [1.29, 1.82) is 0 Å². The first-order valence-corrected chi connectivity index (χ1v) is 8.54. The van der Waals surface area contributed by atoms with Crippen molar-refractivity contribution >= 4 is 41.3 Å². The molecule has 0 saturated heterocycles. The molecule has 0 radical (unpaired) electrons. The molecule has 0 amide bonds. The number of rotatable bonds is 7. The first kappa shape index (κ1) is 20.0. The quantitative estimate of drug-likeness (QED) is 0.717. The molecule has 1 aromatic carbocycles. The van der Waals surface area contributed by atoms with Crippen LogP contribution in [0, 0.1) is 0 Å². The van der Waals surface area contributed by atoms with Crippen LogP contribution in [-0.4, -0.2) is 18.6 Å². The first-order chi connectivity index (χ1) is 10.6. The summed E-state index contributed by atoms with van der Waals surface area (Å²) in [5, 5.41) is 5.88. The zero-order valence-electron chi connectivity index (χ0n) is 13.1. The molecule has 1 N–H and O–H groups in total. The Hall–Kier alpha value is -1.07. The molecule has 6 heteroatoms. The van der Waals surface area contributed by atoms with Gasteiger partial charge in [-0.25, -0.2) is 4.79 Å². The zero-order valence-corrected chi connectivity index (χ0v) is 15.5. The van der Waals surface area contributed by atoms with Crippen LogP contribution in [0.3, 0.4) is 0 Å². The summed E-state index contributed by atoms with van der Waals surface area (Å²) in [5.41, 5.74) is 0.751. The Kier molecular flexibility index (Phi) is 8.63. The fourth-order valence-electron chi connectivity index (χ4n) is 2.12. The Morgan fingerprint density at radius 2 is 2.00 bits per heavy atom. The third kappa shape index (κ3) is 6.15. The summed E-state index contributed by atoms with van der Waals surface area (Å²) in [4.78, 5) is 13.6. The molecule has 1 heterocycles. The Bertz CT molecular complexity index is 602. The summed E-state index contributed by atoms with van der Waals surface area (Å²) in [6, 6.07) is 10.9. The van der Waals surface area contributed by atoms with Gasteiger partial charge < -0.3 is 10.1 Å². The molecule has 0 aliphatic carbocycles. The van der Waals surface area contributed by atoms with Gasteiger partial charge >= 0.3 is 5.97 Å². The second-order valence-electron chi connectivity index (χ2n) is 5.22. The number of benzene rings is 1. The minimum atomic E-state index is -0.545. The van der Waals surface area contributed by atoms with Gasteiger partial charge in [0.1, 0.15) is 6.04 Å². The molecule has 1 aromatic heterocycles. The molecule has 0 saturated carbocycles. The molecule has 2 aromatic rings. The molecule has 126 valence electrons. The second kappa shape index (κ2) is 9.93. The van der Waals surface area contributed by atoms with E-state index in [-0.39, 0.29) is 24.5 Å². The van der Waals surface area contributed by atoms with Gasteiger partial charge in [0.15, 0.2) is 0 Å². The number of halogens is 2. The van der Waals surface area contributed by atoms with Crippen molar-refractivity contribution in [2.24, 2.45) is 0 Å². The second-order valence-corrected chi connectivity index (χ2v) is 6.66. The van der Waals surface area contributed by atoms with Gasteiger partial charge in [0.05, 0.1) is 6.10 Å². The summed E-state index contributed by atoms with van der Waals surface area (Å²) in [6.07, 6.45) is 0.713. The average molecular weight is 374 g/mol. The number of hydrogen-bond donors (Lipinski definition) is 1. The van der Waals surface area contributed by atoms with Crippen LogP contribution >= 0.6 is 35.3 Å². The predicted molar refractivity (Wildman–Crippen MR) is 98.7 cm³/mol. The molecule has 23 heavy (non-hydrogen) atoms. The van der Waals surface area contributed by atoms with Gasteiger partial charge in [-0.2, -0.15) is 0 Å². The van der Waals surface area contributed by atoms with Crippen molar-refractivity contribution < 1.29 is 9.53 Å². The summed E-state index contributed by atoms with van der Waals surface area (Å²) >= 11 is 7.94. The Balaban J connectivity index is 0.00000264. The molecule has 0 bridgehead atoms. The van der Waals surface area contributed by atoms with Gasteiger partial charge in [-0.1, -0.05) is 35.9 Å². The predicted octanol–water partition coefficient (Wildman–Crippen LogP) is 4.65. The lowest BCUT2D eigenvalue weighted by Crippen LogP contribution is -2.33. The Labute approximate surface area is 152 Å². The van der Waals surface area contributed by atoms with Crippen LogP contribution < -0.4 is 5.32 Å². The molecular weight excluding hydrogens is 353 g/mol. The first-order valence-electron chi connectivity index (χ1n) is 7.28. The van der Waals surface area contributed by atoms with Crippen molar-refractivity contribution in [2.45, 2.75) is 32.4 Å². The standard InChI is InChI=1S/C17H20ClNO2S.ClH/c1-12(2)21-17(20)16(14-7-3-4-8-15(14)18)19-10-9-13-6-5-11-22-13;/h3-8,11-12,16,19H,9-10H2,1-2H3;1H. The highest BCUT2D eigenvalue weighted by molar-refractivity contribution is 7.09. The number of thiophene rings is 1. The van der Waals surface area contributed by atoms with E-state index in [1.807, 2.05) is 43.5 Å². The van der Waals surface area contributed by atoms with E-state index in [1.54, 1.807) is 17.4 Å². The topological polar surface area (TPSA) is 38.3 Å². The van der Waals surface area contributed by atoms with E-state index in [2.05, 4.69) is 11.4 Å². The molecule has 1 atom stereocenters. The SMILES string of the molecule is CC(C)OC(=O)C(NCCc1cccs1)c1ccccc1Cl.Cl. The summed E-state index contributed by atoms with van der Waals surface area (Å²) in [6.45, 7) is 4.37. The van der Waals surface area contributed by atoms with Crippen molar-refractivity contribution in [3.05, 3.63) is 57.2 Å². The van der Waals surface area contributed by atoms with Crippen LogP contribution in [0.2, 0.25) is 5.02 Å². The highest BCUT2D eigenvalue weighted by atomic mass is 35.5. The maximum atomic E-state index is 12.4. The van der Waals surface area contributed by atoms with E-state index >= 15 is 0 Å². The summed E-state index contributed by atoms with van der Waals surface area (Å²) in [7, 11) is 0. The Morgan fingerprint density at radius 3 is 2.61 bits per heavy atom. The van der Waals surface area contributed by atoms with E-state index in [1.165, 1.54) is 4.88 Å². The third-order valence-corrected chi connectivity index (χ3v) is 4.38. The van der Waals surface area contributed by atoms with Crippen LogP contribution in [0.15, 0.2) is 41.8 Å². The van der Waals surface area contributed by atoms with Gasteiger partial charge in [0.25, 0.3) is 0 Å². The van der Waals surface area contributed by atoms with E-state index in [4.69, 9.17) is 16.3 Å². The van der Waals surface area contributed by atoms with Gasteiger partial charge in [0.2, 0.25) is 0 Å². The third-order valence-electron chi connectivity index (χ3n) is 3.10. The highest BCUT2D eigenvalue weighted by Gasteiger charge is 2.24. The van der Waals surface area contributed by atoms with Gasteiger partial charge in [-0.15, -0.1) is 23.7 Å². The minimum absolute atomic E-state index is 0. The molecule has 3 nitrogen and oxygen atoms in total. The van der Waals surface area contributed by atoms with Crippen LogP contribution in [0.4, 0.5) is 0 Å². The van der Waals surface area contributed by atoms with E-state index in [0.717, 1.165) is 12.0 Å². The van der Waals surface area contributed by atoms with Gasteiger partial charge in [0, 0.05) is 16.4 Å². The highest BCUT2D eigenvalue weighted by Crippen LogP contribution is 2.24. The molecule has 2 rings (SSSR count). The number of nitrogens with one attached hydrogen (secondary N) is 1. The van der Waals surface area contributed by atoms with Gasteiger partial charge in [-0.3, -0.25) is 0 Å². The Morgan fingerprint density at radius 1 is 1.26 bits per heavy atom. The maximum Gasteiger partial charge on any atom is 0.328 e. The molecule has 0 aliphatic heterocycles. The van der Waals surface area contributed by atoms with Crippen LogP contribution in [0.1, 0.15) is 30.3 Å². The number of carbonyl (C=O) groups excluding carboxylic acids is 1. The fourth-order valence-corrected chi connectivity index (χ4v) is 3.08. The fraction of sp³-hybridized carbons (Fsp3) is 0.353. The van der Waals surface area contributed by atoms with Crippen LogP contribution in [-0.2, 0) is 16.0 Å². The molecule has 0 spiro atoms. The molecular formula is C17H21Cl2NO2S. The average Bonchev–Trinajstić information content (AvgIpc) is 2.97. The monoisotopic (exact) mass is 373 g/mol. The maximum absolute atomic E-state index is 12.4.